The lowest BCUT2D eigenvalue weighted by atomic mass is 10.3. The second-order valence-electron chi connectivity index (χ2n) is 4.12. The molecule has 0 amide bonds. The molecule has 2 rings (SSSR count). The molecule has 0 aliphatic carbocycles. The van der Waals surface area contributed by atoms with Gasteiger partial charge < -0.3 is 4.74 Å². The highest BCUT2D eigenvalue weighted by atomic mass is 79.9. The van der Waals surface area contributed by atoms with Gasteiger partial charge in [-0.2, -0.15) is 0 Å². The number of methoxy groups -OCH3 is 1. The fraction of sp³-hybridized carbons (Fsp3) is 0.154. The lowest BCUT2D eigenvalue weighted by molar-refractivity contribution is -0.138. The number of carbonyl (C=O) groups excluding carboxylic acids is 1. The number of hydrogen-bond donors (Lipinski definition) is 0. The van der Waals surface area contributed by atoms with Crippen molar-refractivity contribution >= 4 is 48.9 Å². The summed E-state index contributed by atoms with van der Waals surface area (Å²) >= 11 is 4.08. The van der Waals surface area contributed by atoms with E-state index in [0.29, 0.717) is 8.78 Å². The van der Waals surface area contributed by atoms with Gasteiger partial charge in [-0.25, -0.2) is 12.8 Å². The molecule has 0 saturated carbocycles. The molecule has 0 fully saturated rings. The maximum Gasteiger partial charge on any atom is 0.326 e. The first kappa shape index (κ1) is 16.9. The van der Waals surface area contributed by atoms with Crippen LogP contribution in [-0.2, 0) is 19.6 Å². The highest BCUT2D eigenvalue weighted by Gasteiger charge is 2.30. The van der Waals surface area contributed by atoms with Crippen LogP contribution in [0.1, 0.15) is 0 Å². The number of hydrogen-bond acceptors (Lipinski definition) is 5. The summed E-state index contributed by atoms with van der Waals surface area (Å²) in [5, 5.41) is 1.58. The third-order valence-electron chi connectivity index (χ3n) is 2.72. The maximum absolute atomic E-state index is 14.1. The van der Waals surface area contributed by atoms with Crippen molar-refractivity contribution in [3.05, 3.63) is 46.0 Å². The van der Waals surface area contributed by atoms with Crippen LogP contribution in [0.4, 0.5) is 10.1 Å². The van der Waals surface area contributed by atoms with Gasteiger partial charge in [0.25, 0.3) is 10.0 Å². The highest BCUT2D eigenvalue weighted by Crippen LogP contribution is 2.30. The number of thiophene rings is 1. The molecule has 0 aliphatic rings. The van der Waals surface area contributed by atoms with Gasteiger partial charge in [0.1, 0.15) is 16.6 Å². The summed E-state index contributed by atoms with van der Waals surface area (Å²) < 4.78 is 45.1. The van der Waals surface area contributed by atoms with Crippen molar-refractivity contribution in [2.45, 2.75) is 4.21 Å². The zero-order chi connectivity index (χ0) is 16.3. The molecule has 0 aliphatic heterocycles. The standard InChI is InChI=1S/C13H11BrFNO4S2/c1-20-12(17)8-16(11-5-4-9(14)7-10(11)15)22(18,19)13-3-2-6-21-13/h2-7H,8H2,1H3. The summed E-state index contributed by atoms with van der Waals surface area (Å²) in [5.74, 6) is -1.55. The summed E-state index contributed by atoms with van der Waals surface area (Å²) in [6.45, 7) is -0.616. The van der Waals surface area contributed by atoms with Gasteiger partial charge in [-0.15, -0.1) is 11.3 Å². The Morgan fingerprint density at radius 2 is 2.14 bits per heavy atom. The molecule has 0 N–H and O–H groups in total. The van der Waals surface area contributed by atoms with E-state index in [4.69, 9.17) is 0 Å². The van der Waals surface area contributed by atoms with E-state index < -0.39 is 28.4 Å². The molecular weight excluding hydrogens is 397 g/mol. The Labute approximate surface area is 139 Å². The Bertz CT molecular complexity index is 777. The predicted molar refractivity (Wildman–Crippen MR) is 85.0 cm³/mol. The number of anilines is 1. The number of ether oxygens (including phenoxy) is 1. The van der Waals surface area contributed by atoms with E-state index in [-0.39, 0.29) is 9.90 Å². The number of esters is 1. The third kappa shape index (κ3) is 3.47. The SMILES string of the molecule is COC(=O)CN(c1ccc(Br)cc1F)S(=O)(=O)c1cccs1. The molecule has 9 heteroatoms. The van der Waals surface area contributed by atoms with Crippen molar-refractivity contribution in [1.29, 1.82) is 0 Å². The number of nitrogens with zero attached hydrogens (tertiary/aromatic N) is 1. The average molecular weight is 408 g/mol. The van der Waals surface area contributed by atoms with Crippen LogP contribution >= 0.6 is 27.3 Å². The molecule has 5 nitrogen and oxygen atoms in total. The average Bonchev–Trinajstić information content (AvgIpc) is 3.00. The molecule has 0 saturated heterocycles. The van der Waals surface area contributed by atoms with Crippen molar-refractivity contribution in [2.24, 2.45) is 0 Å². The fourth-order valence-corrected chi connectivity index (χ4v) is 4.54. The van der Waals surface area contributed by atoms with Gasteiger partial charge in [0, 0.05) is 4.47 Å². The van der Waals surface area contributed by atoms with Crippen LogP contribution in [0.5, 0.6) is 0 Å². The van der Waals surface area contributed by atoms with Gasteiger partial charge in [0.05, 0.1) is 12.8 Å². The van der Waals surface area contributed by atoms with Gasteiger partial charge in [0.2, 0.25) is 0 Å². The Hall–Kier alpha value is -1.45. The van der Waals surface area contributed by atoms with Gasteiger partial charge >= 0.3 is 5.97 Å². The van der Waals surface area contributed by atoms with Crippen LogP contribution in [0.25, 0.3) is 0 Å². The van der Waals surface area contributed by atoms with Crippen molar-refractivity contribution in [1.82, 2.24) is 0 Å². The quantitative estimate of drug-likeness (QED) is 0.714. The normalized spacial score (nSPS) is 11.2. The van der Waals surface area contributed by atoms with Crippen molar-refractivity contribution in [3.63, 3.8) is 0 Å². The minimum absolute atomic E-state index is 0.0127. The van der Waals surface area contributed by atoms with Crippen LogP contribution in [-0.4, -0.2) is 28.0 Å². The molecule has 0 bridgehead atoms. The van der Waals surface area contributed by atoms with Gasteiger partial charge in [-0.3, -0.25) is 9.10 Å². The van der Waals surface area contributed by atoms with Crippen LogP contribution in [0.2, 0.25) is 0 Å². The van der Waals surface area contributed by atoms with Gasteiger partial charge in [0.15, 0.2) is 0 Å². The second-order valence-corrected chi connectivity index (χ2v) is 8.07. The Balaban J connectivity index is 2.54. The van der Waals surface area contributed by atoms with E-state index in [2.05, 4.69) is 20.7 Å². The van der Waals surface area contributed by atoms with Crippen LogP contribution < -0.4 is 4.31 Å². The summed E-state index contributed by atoms with van der Waals surface area (Å²) in [4.78, 5) is 11.5. The minimum atomic E-state index is -4.06. The molecule has 1 aromatic heterocycles. The largest absolute Gasteiger partial charge is 0.468 e. The van der Waals surface area contributed by atoms with Crippen molar-refractivity contribution in [2.75, 3.05) is 18.0 Å². The molecule has 0 atom stereocenters. The first-order chi connectivity index (χ1) is 10.4. The summed E-state index contributed by atoms with van der Waals surface area (Å²) in [6, 6.07) is 6.86. The first-order valence-corrected chi connectivity index (χ1v) is 9.05. The number of rotatable bonds is 5. The first-order valence-electron chi connectivity index (χ1n) is 5.94. The van der Waals surface area contributed by atoms with E-state index in [1.54, 1.807) is 11.4 Å². The maximum atomic E-state index is 14.1. The van der Waals surface area contributed by atoms with E-state index >= 15 is 0 Å². The molecule has 2 aromatic rings. The molecule has 0 spiro atoms. The number of carbonyl (C=O) groups is 1. The Morgan fingerprint density at radius 1 is 1.41 bits per heavy atom. The van der Waals surface area contributed by atoms with E-state index in [0.717, 1.165) is 24.5 Å². The minimum Gasteiger partial charge on any atom is -0.468 e. The lowest BCUT2D eigenvalue weighted by Crippen LogP contribution is -2.36. The second kappa shape index (κ2) is 6.76. The van der Waals surface area contributed by atoms with Crippen molar-refractivity contribution < 1.29 is 22.3 Å². The summed E-state index contributed by atoms with van der Waals surface area (Å²) in [7, 11) is -2.92. The van der Waals surface area contributed by atoms with E-state index in [1.807, 2.05) is 0 Å². The number of benzene rings is 1. The third-order valence-corrected chi connectivity index (χ3v) is 6.34. The lowest BCUT2D eigenvalue weighted by Gasteiger charge is -2.23. The van der Waals surface area contributed by atoms with Crippen LogP contribution in [0, 0.1) is 5.82 Å². The van der Waals surface area contributed by atoms with Crippen molar-refractivity contribution in [3.8, 4) is 0 Å². The van der Waals surface area contributed by atoms with E-state index in [1.165, 1.54) is 18.2 Å². The Kier molecular flexibility index (Phi) is 5.20. The zero-order valence-electron chi connectivity index (χ0n) is 11.3. The topological polar surface area (TPSA) is 63.7 Å². The summed E-state index contributed by atoms with van der Waals surface area (Å²) in [6.07, 6.45) is 0. The number of halogens is 2. The predicted octanol–water partition coefficient (Wildman–Crippen LogP) is 3.02. The molecule has 22 heavy (non-hydrogen) atoms. The van der Waals surface area contributed by atoms with Crippen LogP contribution in [0.3, 0.4) is 0 Å². The molecular formula is C13H11BrFNO4S2. The van der Waals surface area contributed by atoms with Gasteiger partial charge in [-0.05, 0) is 29.6 Å². The molecule has 0 radical (unpaired) electrons. The molecule has 1 aromatic carbocycles. The number of sulfonamides is 1. The Morgan fingerprint density at radius 3 is 2.68 bits per heavy atom. The van der Waals surface area contributed by atoms with Crippen LogP contribution in [0.15, 0.2) is 44.4 Å². The summed E-state index contributed by atoms with van der Waals surface area (Å²) in [5.41, 5.74) is -0.220. The zero-order valence-corrected chi connectivity index (χ0v) is 14.5. The smallest absolute Gasteiger partial charge is 0.326 e. The highest BCUT2D eigenvalue weighted by molar-refractivity contribution is 9.10. The van der Waals surface area contributed by atoms with E-state index in [9.17, 15) is 17.6 Å². The molecule has 0 unspecified atom stereocenters. The van der Waals surface area contributed by atoms with Gasteiger partial charge in [-0.1, -0.05) is 22.0 Å². The molecule has 118 valence electrons. The monoisotopic (exact) mass is 407 g/mol. The fourth-order valence-electron chi connectivity index (χ4n) is 1.68. The molecule has 1 heterocycles.